The van der Waals surface area contributed by atoms with Crippen LogP contribution < -0.4 is 4.74 Å². The van der Waals surface area contributed by atoms with Crippen LogP contribution >= 0.6 is 31.9 Å². The van der Waals surface area contributed by atoms with Crippen molar-refractivity contribution >= 4 is 43.4 Å². The third-order valence-electron chi connectivity index (χ3n) is 3.55. The van der Waals surface area contributed by atoms with Gasteiger partial charge in [0.25, 0.3) is 0 Å². The minimum atomic E-state index is -0.377. The largest absolute Gasteiger partial charge is 0.507 e. The average molecular weight is 470 g/mol. The van der Waals surface area contributed by atoms with Crippen molar-refractivity contribution in [2.75, 3.05) is 0 Å². The van der Waals surface area contributed by atoms with Crippen LogP contribution in [0.2, 0.25) is 0 Å². The Labute approximate surface area is 163 Å². The van der Waals surface area contributed by atoms with Crippen LogP contribution in [-0.4, -0.2) is 22.3 Å². The maximum atomic E-state index is 11.8. The van der Waals surface area contributed by atoms with E-state index in [0.717, 1.165) is 8.95 Å². The molecule has 1 aliphatic rings. The Hall–Kier alpha value is -1.66. The van der Waals surface area contributed by atoms with Crippen LogP contribution in [0.5, 0.6) is 11.5 Å². The smallest absolute Gasteiger partial charge is 0.170 e. The first kappa shape index (κ1) is 19.7. The fourth-order valence-electron chi connectivity index (χ4n) is 2.41. The van der Waals surface area contributed by atoms with Gasteiger partial charge in [-0.05, 0) is 57.2 Å². The Morgan fingerprint density at radius 1 is 1.12 bits per heavy atom. The summed E-state index contributed by atoms with van der Waals surface area (Å²) in [6.45, 7) is 5.27. The second kappa shape index (κ2) is 7.70. The van der Waals surface area contributed by atoms with Crippen molar-refractivity contribution in [1.82, 2.24) is 0 Å². The maximum absolute atomic E-state index is 11.8. The highest BCUT2D eigenvalue weighted by Crippen LogP contribution is 2.34. The van der Waals surface area contributed by atoms with Gasteiger partial charge in [0.05, 0.1) is 17.5 Å². The summed E-state index contributed by atoms with van der Waals surface area (Å²) >= 11 is 6.54. The minimum absolute atomic E-state index is 0.0284. The van der Waals surface area contributed by atoms with E-state index in [4.69, 9.17) is 9.84 Å². The second-order valence-electron chi connectivity index (χ2n) is 6.32. The highest BCUT2D eigenvalue weighted by atomic mass is 79.9. The second-order valence-corrected chi connectivity index (χ2v) is 8.15. The van der Waals surface area contributed by atoms with Gasteiger partial charge in [-0.25, -0.2) is 0 Å². The van der Waals surface area contributed by atoms with Crippen LogP contribution in [-0.2, 0) is 0 Å². The van der Waals surface area contributed by atoms with Crippen molar-refractivity contribution < 1.29 is 19.4 Å². The van der Waals surface area contributed by atoms with E-state index in [1.165, 1.54) is 13.0 Å². The number of Topliss-reactive ketones (excluding diaryl/α,β-unsaturated/α-hetero) is 2. The lowest BCUT2D eigenvalue weighted by molar-refractivity contribution is 0.0619. The summed E-state index contributed by atoms with van der Waals surface area (Å²) in [7, 11) is 0. The number of phenols is 1. The first-order valence-electron chi connectivity index (χ1n) is 7.60. The zero-order valence-electron chi connectivity index (χ0n) is 14.1. The van der Waals surface area contributed by atoms with E-state index >= 15 is 0 Å². The van der Waals surface area contributed by atoms with Crippen molar-refractivity contribution in [2.24, 2.45) is 0 Å². The third-order valence-corrected chi connectivity index (χ3v) is 4.54. The van der Waals surface area contributed by atoms with E-state index in [-0.39, 0.29) is 22.9 Å². The lowest BCUT2D eigenvalue weighted by Gasteiger charge is -2.31. The molecule has 0 bridgehead atoms. The van der Waals surface area contributed by atoms with Crippen molar-refractivity contribution in [3.63, 3.8) is 0 Å². The van der Waals surface area contributed by atoms with Crippen LogP contribution in [0.15, 0.2) is 45.3 Å². The molecule has 0 atom stereocenters. The third kappa shape index (κ3) is 5.16. The average Bonchev–Trinajstić information content (AvgIpc) is 2.50. The first-order chi connectivity index (χ1) is 11.6. The van der Waals surface area contributed by atoms with Crippen molar-refractivity contribution in [2.45, 2.75) is 32.8 Å². The molecule has 0 spiro atoms. The highest BCUT2D eigenvalue weighted by molar-refractivity contribution is 9.10. The molecule has 0 unspecified atom stereocenters. The zero-order valence-corrected chi connectivity index (χ0v) is 17.3. The molecule has 2 aromatic rings. The topological polar surface area (TPSA) is 63.6 Å². The van der Waals surface area contributed by atoms with E-state index in [1.54, 1.807) is 12.1 Å². The number of fused-ring (bicyclic) bond motifs is 1. The molecule has 1 aliphatic heterocycles. The molecule has 0 aromatic heterocycles. The number of phenolic OH excluding ortho intramolecular Hbond substituents is 1. The van der Waals surface area contributed by atoms with Crippen molar-refractivity contribution in [3.8, 4) is 11.5 Å². The summed E-state index contributed by atoms with van der Waals surface area (Å²) in [5.41, 5.74) is 0.649. The van der Waals surface area contributed by atoms with Crippen LogP contribution in [0.1, 0.15) is 47.9 Å². The molecule has 132 valence electrons. The Kier molecular flexibility index (Phi) is 6.06. The normalized spacial score (nSPS) is 14.7. The molecule has 1 heterocycles. The Morgan fingerprint density at radius 3 is 2.32 bits per heavy atom. The summed E-state index contributed by atoms with van der Waals surface area (Å²) in [5.74, 6) is 0.733. The van der Waals surface area contributed by atoms with Crippen LogP contribution in [0, 0.1) is 0 Å². The van der Waals surface area contributed by atoms with Gasteiger partial charge in [0, 0.05) is 8.95 Å². The standard InChI is InChI=1S/C11H11BrO2.C8H7BrO2/c1-11(2)6-9(13)8-5-7(12)3-4-10(8)14-11;1-5(10)7-4-6(9)2-3-8(7)11/h3-5H,6H2,1-2H3;2-4,11H,1H3. The van der Waals surface area contributed by atoms with Crippen LogP contribution in [0.4, 0.5) is 0 Å². The van der Waals surface area contributed by atoms with E-state index in [9.17, 15) is 9.59 Å². The summed E-state index contributed by atoms with van der Waals surface area (Å²) in [4.78, 5) is 22.6. The van der Waals surface area contributed by atoms with Gasteiger partial charge in [-0.15, -0.1) is 0 Å². The molecule has 0 saturated carbocycles. The lowest BCUT2D eigenvalue weighted by atomic mass is 9.93. The molecule has 1 N–H and O–H groups in total. The number of aromatic hydroxyl groups is 1. The van der Waals surface area contributed by atoms with Gasteiger partial charge >= 0.3 is 0 Å². The van der Waals surface area contributed by atoms with Crippen molar-refractivity contribution in [1.29, 1.82) is 0 Å². The molecule has 0 radical (unpaired) electrons. The number of carbonyl (C=O) groups is 2. The van der Waals surface area contributed by atoms with E-state index in [1.807, 2.05) is 32.0 Å². The van der Waals surface area contributed by atoms with Crippen LogP contribution in [0.25, 0.3) is 0 Å². The van der Waals surface area contributed by atoms with Gasteiger partial charge in [-0.1, -0.05) is 31.9 Å². The first-order valence-corrected chi connectivity index (χ1v) is 9.19. The molecule has 25 heavy (non-hydrogen) atoms. The van der Waals surface area contributed by atoms with Gasteiger partial charge in [-0.3, -0.25) is 9.59 Å². The number of ether oxygens (including phenoxy) is 1. The van der Waals surface area contributed by atoms with Gasteiger partial charge in [0.1, 0.15) is 17.1 Å². The van der Waals surface area contributed by atoms with Crippen molar-refractivity contribution in [3.05, 3.63) is 56.5 Å². The molecule has 3 rings (SSSR count). The Bertz CT molecular complexity index is 828. The SMILES string of the molecule is CC(=O)c1cc(Br)ccc1O.CC1(C)CC(=O)c2cc(Br)ccc2O1. The zero-order chi connectivity index (χ0) is 18.8. The maximum Gasteiger partial charge on any atom is 0.170 e. The fraction of sp³-hybridized carbons (Fsp3) is 0.263. The molecule has 0 saturated heterocycles. The number of benzene rings is 2. The quantitative estimate of drug-likeness (QED) is 0.556. The van der Waals surface area contributed by atoms with Gasteiger partial charge in [-0.2, -0.15) is 0 Å². The molecule has 0 fully saturated rings. The van der Waals surface area contributed by atoms with Gasteiger partial charge in [0.15, 0.2) is 11.6 Å². The summed E-state index contributed by atoms with van der Waals surface area (Å²) in [6.07, 6.45) is 0.441. The summed E-state index contributed by atoms with van der Waals surface area (Å²) in [6, 6.07) is 10.3. The van der Waals surface area contributed by atoms with E-state index in [0.29, 0.717) is 23.3 Å². The summed E-state index contributed by atoms with van der Waals surface area (Å²) < 4.78 is 7.41. The molecule has 0 aliphatic carbocycles. The number of ketones is 2. The van der Waals surface area contributed by atoms with E-state index < -0.39 is 0 Å². The lowest BCUT2D eigenvalue weighted by Crippen LogP contribution is -2.35. The number of carbonyl (C=O) groups excluding carboxylic acids is 2. The molecule has 2 aromatic carbocycles. The fourth-order valence-corrected chi connectivity index (χ4v) is 3.14. The van der Waals surface area contributed by atoms with Gasteiger partial charge in [0.2, 0.25) is 0 Å². The van der Waals surface area contributed by atoms with E-state index in [2.05, 4.69) is 31.9 Å². The number of hydrogen-bond acceptors (Lipinski definition) is 4. The minimum Gasteiger partial charge on any atom is -0.507 e. The number of halogens is 2. The monoisotopic (exact) mass is 468 g/mol. The predicted octanol–water partition coefficient (Wildman–Crippen LogP) is 5.55. The molecular weight excluding hydrogens is 452 g/mol. The number of hydrogen-bond donors (Lipinski definition) is 1. The molecule has 0 amide bonds. The molecule has 6 heteroatoms. The predicted molar refractivity (Wildman–Crippen MR) is 104 cm³/mol. The molecule has 4 nitrogen and oxygen atoms in total. The number of rotatable bonds is 1. The van der Waals surface area contributed by atoms with Crippen LogP contribution in [0.3, 0.4) is 0 Å². The Balaban J connectivity index is 0.000000186. The Morgan fingerprint density at radius 2 is 1.72 bits per heavy atom. The summed E-state index contributed by atoms with van der Waals surface area (Å²) in [5, 5.41) is 9.16. The molecular formula is C19H18Br2O4. The highest BCUT2D eigenvalue weighted by Gasteiger charge is 2.32. The van der Waals surface area contributed by atoms with Gasteiger partial charge < -0.3 is 9.84 Å².